The standard InChI is InChI=1S/C14H8BrCl2N3O/c15-8-3-7(13(18)21)5-11-12(8)20-14(19-11)6-1-2-9(16)10(17)4-6/h1-5H,(H2,18,21)(H,19,20). The van der Waals surface area contributed by atoms with E-state index >= 15 is 0 Å². The van der Waals surface area contributed by atoms with Crippen LogP contribution in [0, 0.1) is 0 Å². The number of rotatable bonds is 2. The number of carbonyl (C=O) groups excluding carboxylic acids is 1. The van der Waals surface area contributed by atoms with Crippen LogP contribution >= 0.6 is 39.1 Å². The summed E-state index contributed by atoms with van der Waals surface area (Å²) in [4.78, 5) is 18.9. The van der Waals surface area contributed by atoms with E-state index in [1.165, 1.54) is 0 Å². The van der Waals surface area contributed by atoms with Crippen LogP contribution in [0.15, 0.2) is 34.8 Å². The molecule has 0 radical (unpaired) electrons. The minimum atomic E-state index is -0.497. The first-order chi connectivity index (χ1) is 9.95. The summed E-state index contributed by atoms with van der Waals surface area (Å²) >= 11 is 15.3. The summed E-state index contributed by atoms with van der Waals surface area (Å²) in [6.07, 6.45) is 0. The number of fused-ring (bicyclic) bond motifs is 1. The number of carbonyl (C=O) groups is 1. The predicted octanol–water partition coefficient (Wildman–Crippen LogP) is 4.40. The molecule has 1 amide bonds. The number of halogens is 3. The van der Waals surface area contributed by atoms with Gasteiger partial charge in [0.25, 0.3) is 0 Å². The van der Waals surface area contributed by atoms with Crippen molar-refractivity contribution in [2.45, 2.75) is 0 Å². The summed E-state index contributed by atoms with van der Waals surface area (Å²) in [5.41, 5.74) is 7.92. The number of aromatic amines is 1. The number of amides is 1. The number of primary amides is 1. The maximum absolute atomic E-state index is 11.3. The molecule has 0 saturated heterocycles. The molecular formula is C14H8BrCl2N3O. The van der Waals surface area contributed by atoms with Crippen LogP contribution in [-0.4, -0.2) is 15.9 Å². The van der Waals surface area contributed by atoms with Crippen LogP contribution in [-0.2, 0) is 0 Å². The second kappa shape index (κ2) is 5.33. The van der Waals surface area contributed by atoms with E-state index in [0.29, 0.717) is 36.9 Å². The maximum atomic E-state index is 11.3. The van der Waals surface area contributed by atoms with Gasteiger partial charge in [-0.25, -0.2) is 4.98 Å². The van der Waals surface area contributed by atoms with Gasteiger partial charge in [-0.2, -0.15) is 0 Å². The largest absolute Gasteiger partial charge is 0.366 e. The molecule has 1 heterocycles. The van der Waals surface area contributed by atoms with Crippen LogP contribution in [0.3, 0.4) is 0 Å². The lowest BCUT2D eigenvalue weighted by atomic mass is 10.2. The summed E-state index contributed by atoms with van der Waals surface area (Å²) < 4.78 is 0.691. The van der Waals surface area contributed by atoms with Crippen molar-refractivity contribution in [3.63, 3.8) is 0 Å². The van der Waals surface area contributed by atoms with E-state index in [-0.39, 0.29) is 0 Å². The molecule has 0 saturated carbocycles. The zero-order chi connectivity index (χ0) is 15.1. The molecule has 4 nitrogen and oxygen atoms in total. The second-order valence-corrected chi connectivity index (χ2v) is 6.10. The van der Waals surface area contributed by atoms with Crippen molar-refractivity contribution < 1.29 is 4.79 Å². The number of benzene rings is 2. The first-order valence-corrected chi connectivity index (χ1v) is 7.45. The van der Waals surface area contributed by atoms with Gasteiger partial charge in [0.05, 0.1) is 15.6 Å². The maximum Gasteiger partial charge on any atom is 0.248 e. The number of H-pyrrole nitrogens is 1. The summed E-state index contributed by atoms with van der Waals surface area (Å²) in [7, 11) is 0. The number of nitrogens with one attached hydrogen (secondary N) is 1. The Balaban J connectivity index is 2.18. The smallest absolute Gasteiger partial charge is 0.248 e. The third-order valence-corrected chi connectivity index (χ3v) is 4.36. The van der Waals surface area contributed by atoms with Crippen LogP contribution in [0.2, 0.25) is 10.0 Å². The van der Waals surface area contributed by atoms with E-state index in [0.717, 1.165) is 5.56 Å². The number of hydrogen-bond donors (Lipinski definition) is 2. The fraction of sp³-hybridized carbons (Fsp3) is 0. The molecule has 0 aliphatic carbocycles. The van der Waals surface area contributed by atoms with Crippen molar-refractivity contribution in [2.24, 2.45) is 5.73 Å². The minimum absolute atomic E-state index is 0.402. The molecule has 21 heavy (non-hydrogen) atoms. The predicted molar refractivity (Wildman–Crippen MR) is 87.8 cm³/mol. The first-order valence-electron chi connectivity index (χ1n) is 5.90. The lowest BCUT2D eigenvalue weighted by Crippen LogP contribution is -2.10. The third-order valence-electron chi connectivity index (χ3n) is 3.02. The highest BCUT2D eigenvalue weighted by Gasteiger charge is 2.12. The van der Waals surface area contributed by atoms with Gasteiger partial charge in [0.1, 0.15) is 11.3 Å². The van der Waals surface area contributed by atoms with E-state index in [9.17, 15) is 4.79 Å². The molecule has 0 fully saturated rings. The van der Waals surface area contributed by atoms with E-state index in [1.807, 2.05) is 6.07 Å². The Labute approximate surface area is 138 Å². The van der Waals surface area contributed by atoms with Gasteiger partial charge < -0.3 is 10.7 Å². The molecule has 106 valence electrons. The van der Waals surface area contributed by atoms with Crippen molar-refractivity contribution in [3.8, 4) is 11.4 Å². The van der Waals surface area contributed by atoms with Gasteiger partial charge >= 0.3 is 0 Å². The molecule has 0 spiro atoms. The molecule has 3 aromatic rings. The van der Waals surface area contributed by atoms with Gasteiger partial charge in [-0.3, -0.25) is 4.79 Å². The molecule has 0 atom stereocenters. The van der Waals surface area contributed by atoms with Gasteiger partial charge in [0.15, 0.2) is 0 Å². The van der Waals surface area contributed by atoms with Gasteiger partial charge in [-0.1, -0.05) is 23.2 Å². The number of hydrogen-bond acceptors (Lipinski definition) is 2. The van der Waals surface area contributed by atoms with E-state index in [4.69, 9.17) is 28.9 Å². The molecular weight excluding hydrogens is 377 g/mol. The summed E-state index contributed by atoms with van der Waals surface area (Å²) in [6.45, 7) is 0. The van der Waals surface area contributed by atoms with Gasteiger partial charge in [-0.15, -0.1) is 0 Å². The summed E-state index contributed by atoms with van der Waals surface area (Å²) in [5.74, 6) is 0.133. The normalized spacial score (nSPS) is 11.0. The molecule has 0 aliphatic heterocycles. The highest BCUT2D eigenvalue weighted by atomic mass is 79.9. The number of nitrogens with zero attached hydrogens (tertiary/aromatic N) is 1. The SMILES string of the molecule is NC(=O)c1cc(Br)c2nc(-c3ccc(Cl)c(Cl)c3)[nH]c2c1. The topological polar surface area (TPSA) is 71.8 Å². The highest BCUT2D eigenvalue weighted by molar-refractivity contribution is 9.10. The Morgan fingerprint density at radius 2 is 1.95 bits per heavy atom. The van der Waals surface area contributed by atoms with Crippen LogP contribution in [0.25, 0.3) is 22.4 Å². The van der Waals surface area contributed by atoms with Gasteiger partial charge in [0, 0.05) is 15.6 Å². The Hall–Kier alpha value is -1.56. The van der Waals surface area contributed by atoms with Gasteiger partial charge in [0.2, 0.25) is 5.91 Å². The molecule has 0 unspecified atom stereocenters. The van der Waals surface area contributed by atoms with Crippen LogP contribution < -0.4 is 5.73 Å². The van der Waals surface area contributed by atoms with Crippen molar-refractivity contribution >= 4 is 56.1 Å². The fourth-order valence-corrected chi connectivity index (χ4v) is 2.84. The highest BCUT2D eigenvalue weighted by Crippen LogP contribution is 2.30. The summed E-state index contributed by atoms with van der Waals surface area (Å²) in [5, 5.41) is 0.931. The Morgan fingerprint density at radius 3 is 2.62 bits per heavy atom. The molecule has 0 bridgehead atoms. The quantitative estimate of drug-likeness (QED) is 0.687. The van der Waals surface area contributed by atoms with Crippen LogP contribution in [0.1, 0.15) is 10.4 Å². The molecule has 3 N–H and O–H groups in total. The zero-order valence-corrected chi connectivity index (χ0v) is 13.6. The minimum Gasteiger partial charge on any atom is -0.366 e. The fourth-order valence-electron chi connectivity index (χ4n) is 2.00. The Bertz CT molecular complexity index is 876. The van der Waals surface area contributed by atoms with Gasteiger partial charge in [-0.05, 0) is 46.3 Å². The van der Waals surface area contributed by atoms with E-state index in [1.54, 1.807) is 24.3 Å². The van der Waals surface area contributed by atoms with Crippen molar-refractivity contribution in [1.82, 2.24) is 9.97 Å². The molecule has 0 aliphatic rings. The Kier molecular flexibility index (Phi) is 3.65. The number of aromatic nitrogens is 2. The Morgan fingerprint density at radius 1 is 1.19 bits per heavy atom. The van der Waals surface area contributed by atoms with Crippen LogP contribution in [0.4, 0.5) is 0 Å². The summed E-state index contributed by atoms with van der Waals surface area (Å²) in [6, 6.07) is 8.55. The number of nitrogens with two attached hydrogens (primary N) is 1. The molecule has 7 heteroatoms. The number of imidazole rings is 1. The van der Waals surface area contributed by atoms with Crippen molar-refractivity contribution in [3.05, 3.63) is 50.4 Å². The molecule has 1 aromatic heterocycles. The second-order valence-electron chi connectivity index (χ2n) is 4.43. The van der Waals surface area contributed by atoms with Crippen molar-refractivity contribution in [1.29, 1.82) is 0 Å². The third kappa shape index (κ3) is 2.64. The average molecular weight is 385 g/mol. The van der Waals surface area contributed by atoms with E-state index < -0.39 is 5.91 Å². The lowest BCUT2D eigenvalue weighted by Gasteiger charge is -1.99. The van der Waals surface area contributed by atoms with E-state index in [2.05, 4.69) is 25.9 Å². The zero-order valence-electron chi connectivity index (χ0n) is 10.5. The molecule has 2 aromatic carbocycles. The average Bonchev–Trinajstić information content (AvgIpc) is 2.86. The van der Waals surface area contributed by atoms with Crippen molar-refractivity contribution in [2.75, 3.05) is 0 Å². The lowest BCUT2D eigenvalue weighted by molar-refractivity contribution is 0.100. The molecule has 3 rings (SSSR count). The van der Waals surface area contributed by atoms with Crippen LogP contribution in [0.5, 0.6) is 0 Å². The monoisotopic (exact) mass is 383 g/mol. The first kappa shape index (κ1) is 14.4.